The Bertz CT molecular complexity index is 1420. The van der Waals surface area contributed by atoms with Gasteiger partial charge in [0.2, 0.25) is 17.7 Å². The highest BCUT2D eigenvalue weighted by molar-refractivity contribution is 6.07. The number of carbonyl (C=O) groups is 1. The first kappa shape index (κ1) is 22.3. The number of methoxy groups -OCH3 is 2. The van der Waals surface area contributed by atoms with Crippen LogP contribution in [0.1, 0.15) is 10.4 Å². The standard InChI is InChI=1S/C26H25FN6O3/c1-35-21-10-22(36-2)30-26(29-21)33-13-16-11-32(12-17(16)14-33)25(34)23-18(24-19(27)6-5-8-28-24)15-31-9-4-3-7-20(23)31/h3-10,15-17H,11-14H2,1-2H3. The summed E-state index contributed by atoms with van der Waals surface area (Å²) in [5.74, 6) is 1.44. The predicted octanol–water partition coefficient (Wildman–Crippen LogP) is 3.16. The van der Waals surface area contributed by atoms with Crippen molar-refractivity contribution in [2.45, 2.75) is 0 Å². The van der Waals surface area contributed by atoms with Crippen LogP contribution in [0.15, 0.2) is 55.0 Å². The van der Waals surface area contributed by atoms with Crippen LogP contribution in [0.2, 0.25) is 0 Å². The molecule has 2 aliphatic rings. The van der Waals surface area contributed by atoms with Crippen LogP contribution in [0.25, 0.3) is 16.8 Å². The smallest absolute Gasteiger partial charge is 0.256 e. The topological polar surface area (TPSA) is 85.1 Å². The first-order valence-corrected chi connectivity index (χ1v) is 11.8. The van der Waals surface area contributed by atoms with Crippen molar-refractivity contribution in [3.63, 3.8) is 0 Å². The maximum Gasteiger partial charge on any atom is 0.256 e. The van der Waals surface area contributed by atoms with Crippen molar-refractivity contribution in [1.29, 1.82) is 0 Å². The lowest BCUT2D eigenvalue weighted by Crippen LogP contribution is -2.34. The van der Waals surface area contributed by atoms with Crippen LogP contribution < -0.4 is 14.4 Å². The fourth-order valence-corrected chi connectivity index (χ4v) is 5.33. The number of aromatic nitrogens is 4. The van der Waals surface area contributed by atoms with Crippen molar-refractivity contribution in [2.24, 2.45) is 11.8 Å². The third-order valence-electron chi connectivity index (χ3n) is 7.05. The fourth-order valence-electron chi connectivity index (χ4n) is 5.33. The van der Waals surface area contributed by atoms with Crippen LogP contribution in [0.3, 0.4) is 0 Å². The van der Waals surface area contributed by atoms with Crippen LogP contribution in [-0.2, 0) is 0 Å². The molecule has 0 radical (unpaired) electrons. The molecule has 6 heterocycles. The number of pyridine rings is 2. The second-order valence-electron chi connectivity index (χ2n) is 9.13. The summed E-state index contributed by atoms with van der Waals surface area (Å²) in [7, 11) is 3.12. The van der Waals surface area contributed by atoms with Crippen LogP contribution >= 0.6 is 0 Å². The molecule has 0 aliphatic carbocycles. The molecule has 4 aromatic heterocycles. The molecule has 6 rings (SSSR count). The lowest BCUT2D eigenvalue weighted by molar-refractivity contribution is 0.0785. The van der Waals surface area contributed by atoms with E-state index in [0.717, 1.165) is 18.6 Å². The molecule has 2 fully saturated rings. The van der Waals surface area contributed by atoms with Crippen LogP contribution in [-0.4, -0.2) is 70.6 Å². The molecule has 0 spiro atoms. The average molecular weight is 489 g/mol. The minimum atomic E-state index is -0.454. The quantitative estimate of drug-likeness (QED) is 0.427. The molecule has 2 atom stereocenters. The van der Waals surface area contributed by atoms with Crippen molar-refractivity contribution in [3.8, 4) is 23.0 Å². The van der Waals surface area contributed by atoms with Gasteiger partial charge in [-0.25, -0.2) is 4.39 Å². The molecular weight excluding hydrogens is 463 g/mol. The number of nitrogens with zero attached hydrogens (tertiary/aromatic N) is 6. The molecular formula is C26H25FN6O3. The van der Waals surface area contributed by atoms with E-state index >= 15 is 0 Å². The highest BCUT2D eigenvalue weighted by Gasteiger charge is 2.43. The van der Waals surface area contributed by atoms with Gasteiger partial charge in [0.05, 0.1) is 31.4 Å². The molecule has 0 aromatic carbocycles. The summed E-state index contributed by atoms with van der Waals surface area (Å²) in [6.45, 7) is 2.66. The highest BCUT2D eigenvalue weighted by atomic mass is 19.1. The molecule has 10 heteroatoms. The number of rotatable bonds is 5. The SMILES string of the molecule is COc1cc(OC)nc(N2CC3CN(C(=O)c4c(-c5ncccc5F)cn5ccccc45)CC3C2)n1. The Hall–Kier alpha value is -4.21. The summed E-state index contributed by atoms with van der Waals surface area (Å²) in [6.07, 6.45) is 5.18. The number of ether oxygens (including phenoxy) is 2. The van der Waals surface area contributed by atoms with Gasteiger partial charge in [-0.15, -0.1) is 0 Å². The summed E-state index contributed by atoms with van der Waals surface area (Å²) in [5, 5.41) is 0. The minimum Gasteiger partial charge on any atom is -0.481 e. The molecule has 2 unspecified atom stereocenters. The maximum absolute atomic E-state index is 14.7. The van der Waals surface area contributed by atoms with Crippen molar-refractivity contribution in [2.75, 3.05) is 45.3 Å². The van der Waals surface area contributed by atoms with Crippen molar-refractivity contribution in [1.82, 2.24) is 24.3 Å². The third-order valence-corrected chi connectivity index (χ3v) is 7.05. The van der Waals surface area contributed by atoms with Gasteiger partial charge in [0.15, 0.2) is 0 Å². The van der Waals surface area contributed by atoms with Gasteiger partial charge in [-0.2, -0.15) is 9.97 Å². The number of halogens is 1. The summed E-state index contributed by atoms with van der Waals surface area (Å²) < 4.78 is 27.1. The second-order valence-corrected chi connectivity index (χ2v) is 9.13. The number of hydrogen-bond acceptors (Lipinski definition) is 7. The highest BCUT2D eigenvalue weighted by Crippen LogP contribution is 2.37. The van der Waals surface area contributed by atoms with E-state index in [1.165, 1.54) is 6.07 Å². The zero-order valence-corrected chi connectivity index (χ0v) is 20.0. The van der Waals surface area contributed by atoms with E-state index in [9.17, 15) is 9.18 Å². The van der Waals surface area contributed by atoms with Gasteiger partial charge in [-0.05, 0) is 24.3 Å². The number of likely N-dealkylation sites (tertiary alicyclic amines) is 1. The number of carbonyl (C=O) groups excluding carboxylic acids is 1. The van der Waals surface area contributed by atoms with E-state index in [1.54, 1.807) is 38.7 Å². The van der Waals surface area contributed by atoms with Crippen molar-refractivity contribution in [3.05, 3.63) is 66.4 Å². The van der Waals surface area contributed by atoms with Gasteiger partial charge in [-0.1, -0.05) is 6.07 Å². The monoisotopic (exact) mass is 488 g/mol. The lowest BCUT2D eigenvalue weighted by atomic mass is 10.0. The summed E-state index contributed by atoms with van der Waals surface area (Å²) in [4.78, 5) is 31.1. The van der Waals surface area contributed by atoms with Crippen molar-refractivity contribution < 1.29 is 18.7 Å². The molecule has 36 heavy (non-hydrogen) atoms. The van der Waals surface area contributed by atoms with Gasteiger partial charge < -0.3 is 23.7 Å². The molecule has 184 valence electrons. The Balaban J connectivity index is 1.27. The van der Waals surface area contributed by atoms with Gasteiger partial charge in [0, 0.05) is 62.2 Å². The van der Waals surface area contributed by atoms with Gasteiger partial charge in [0.25, 0.3) is 5.91 Å². The van der Waals surface area contributed by atoms with E-state index in [1.807, 2.05) is 33.7 Å². The number of anilines is 1. The Morgan fingerprint density at radius 2 is 1.72 bits per heavy atom. The third kappa shape index (κ3) is 3.69. The molecule has 4 aromatic rings. The van der Waals surface area contributed by atoms with E-state index in [4.69, 9.17) is 9.47 Å². The normalized spacial score (nSPS) is 19.1. The minimum absolute atomic E-state index is 0.107. The summed E-state index contributed by atoms with van der Waals surface area (Å²) in [5.41, 5.74) is 1.89. The Morgan fingerprint density at radius 1 is 1.00 bits per heavy atom. The molecule has 0 saturated carbocycles. The van der Waals surface area contributed by atoms with Gasteiger partial charge >= 0.3 is 0 Å². The largest absolute Gasteiger partial charge is 0.481 e. The van der Waals surface area contributed by atoms with E-state index < -0.39 is 5.82 Å². The second kappa shape index (κ2) is 8.78. The fraction of sp³-hybridized carbons (Fsp3) is 0.308. The van der Waals surface area contributed by atoms with Gasteiger partial charge in [0.1, 0.15) is 11.5 Å². The molecule has 2 aliphatic heterocycles. The van der Waals surface area contributed by atoms with Gasteiger partial charge in [-0.3, -0.25) is 9.78 Å². The Morgan fingerprint density at radius 3 is 2.39 bits per heavy atom. The van der Waals surface area contributed by atoms with Crippen LogP contribution in [0.5, 0.6) is 11.8 Å². The Kier molecular flexibility index (Phi) is 5.43. The van der Waals surface area contributed by atoms with Crippen LogP contribution in [0, 0.1) is 17.7 Å². The summed E-state index contributed by atoms with van der Waals surface area (Å²) in [6, 6.07) is 10.2. The molecule has 2 saturated heterocycles. The molecule has 1 amide bonds. The first-order valence-electron chi connectivity index (χ1n) is 11.8. The first-order chi connectivity index (χ1) is 17.6. The number of amides is 1. The molecule has 9 nitrogen and oxygen atoms in total. The molecule has 0 N–H and O–H groups in total. The van der Waals surface area contributed by atoms with Crippen molar-refractivity contribution >= 4 is 17.4 Å². The van der Waals surface area contributed by atoms with E-state index in [2.05, 4.69) is 19.9 Å². The zero-order valence-electron chi connectivity index (χ0n) is 20.0. The lowest BCUT2D eigenvalue weighted by Gasteiger charge is -2.22. The molecule has 0 bridgehead atoms. The maximum atomic E-state index is 14.7. The predicted molar refractivity (Wildman–Crippen MR) is 131 cm³/mol. The number of hydrogen-bond donors (Lipinski definition) is 0. The van der Waals surface area contributed by atoms with E-state index in [0.29, 0.717) is 41.9 Å². The zero-order chi connectivity index (χ0) is 24.8. The summed E-state index contributed by atoms with van der Waals surface area (Å²) >= 11 is 0. The van der Waals surface area contributed by atoms with E-state index in [-0.39, 0.29) is 23.4 Å². The number of fused-ring (bicyclic) bond motifs is 2. The van der Waals surface area contributed by atoms with Crippen LogP contribution in [0.4, 0.5) is 10.3 Å². The Labute approximate surface area is 207 Å². The average Bonchev–Trinajstić information content (AvgIpc) is 3.60.